The van der Waals surface area contributed by atoms with Crippen LogP contribution in [0, 0.1) is 5.92 Å². The van der Waals surface area contributed by atoms with Crippen molar-refractivity contribution >= 4 is 15.9 Å². The molecule has 2 unspecified atom stereocenters. The predicted octanol–water partition coefficient (Wildman–Crippen LogP) is 2.43. The van der Waals surface area contributed by atoms with Crippen LogP contribution in [0.3, 0.4) is 0 Å². The van der Waals surface area contributed by atoms with Gasteiger partial charge in [-0.2, -0.15) is 0 Å². The number of hydrogen-bond donors (Lipinski definition) is 2. The van der Waals surface area contributed by atoms with Crippen molar-refractivity contribution in [2.75, 3.05) is 13.3 Å². The molecule has 1 saturated carbocycles. The average molecular weight is 328 g/mol. The standard InChI is InChI=1S/C14H18BrNO3/c15-11-5-14-13(18-8-19-14)4-10(11)7-16-6-9-2-1-3-12(9)17/h4-5,9,12,16-17H,1-3,6-8H2. The molecule has 0 saturated heterocycles. The Morgan fingerprint density at radius 1 is 1.26 bits per heavy atom. The first-order valence-electron chi connectivity index (χ1n) is 6.71. The highest BCUT2D eigenvalue weighted by Gasteiger charge is 2.24. The van der Waals surface area contributed by atoms with Crippen molar-refractivity contribution in [2.24, 2.45) is 5.92 Å². The molecule has 1 fully saturated rings. The van der Waals surface area contributed by atoms with Gasteiger partial charge in [0.05, 0.1) is 6.10 Å². The number of fused-ring (bicyclic) bond motifs is 1. The highest BCUT2D eigenvalue weighted by atomic mass is 79.9. The summed E-state index contributed by atoms with van der Waals surface area (Å²) >= 11 is 3.55. The van der Waals surface area contributed by atoms with Crippen LogP contribution in [-0.4, -0.2) is 24.5 Å². The second-order valence-corrected chi connectivity index (χ2v) is 6.04. The van der Waals surface area contributed by atoms with Crippen LogP contribution in [0.15, 0.2) is 16.6 Å². The van der Waals surface area contributed by atoms with Crippen LogP contribution in [0.4, 0.5) is 0 Å². The van der Waals surface area contributed by atoms with Crippen molar-refractivity contribution in [3.05, 3.63) is 22.2 Å². The molecule has 19 heavy (non-hydrogen) atoms. The molecule has 1 aromatic carbocycles. The first-order chi connectivity index (χ1) is 9.24. The van der Waals surface area contributed by atoms with E-state index in [4.69, 9.17) is 9.47 Å². The van der Waals surface area contributed by atoms with Crippen LogP contribution < -0.4 is 14.8 Å². The third-order valence-electron chi connectivity index (χ3n) is 3.88. The van der Waals surface area contributed by atoms with E-state index in [1.54, 1.807) is 0 Å². The molecule has 0 spiro atoms. The topological polar surface area (TPSA) is 50.7 Å². The number of ether oxygens (including phenoxy) is 2. The fourth-order valence-corrected chi connectivity index (χ4v) is 3.20. The van der Waals surface area contributed by atoms with E-state index in [9.17, 15) is 5.11 Å². The molecular formula is C14H18BrNO3. The number of hydrogen-bond acceptors (Lipinski definition) is 4. The van der Waals surface area contributed by atoms with E-state index in [1.165, 1.54) is 0 Å². The molecule has 104 valence electrons. The van der Waals surface area contributed by atoms with Crippen molar-refractivity contribution in [1.29, 1.82) is 0 Å². The van der Waals surface area contributed by atoms with Crippen molar-refractivity contribution in [3.8, 4) is 11.5 Å². The van der Waals surface area contributed by atoms with Gasteiger partial charge in [-0.15, -0.1) is 0 Å². The minimum Gasteiger partial charge on any atom is -0.454 e. The van der Waals surface area contributed by atoms with Crippen LogP contribution in [0.5, 0.6) is 11.5 Å². The third kappa shape index (κ3) is 2.88. The molecule has 0 amide bonds. The maximum Gasteiger partial charge on any atom is 0.231 e. The van der Waals surface area contributed by atoms with Gasteiger partial charge in [0.2, 0.25) is 6.79 Å². The van der Waals surface area contributed by atoms with E-state index >= 15 is 0 Å². The largest absolute Gasteiger partial charge is 0.454 e. The van der Waals surface area contributed by atoms with Gasteiger partial charge in [-0.05, 0) is 36.5 Å². The molecule has 5 heteroatoms. The predicted molar refractivity (Wildman–Crippen MR) is 75.3 cm³/mol. The van der Waals surface area contributed by atoms with Gasteiger partial charge in [0.1, 0.15) is 0 Å². The Labute approximate surface area is 121 Å². The van der Waals surface area contributed by atoms with Crippen LogP contribution in [-0.2, 0) is 6.54 Å². The monoisotopic (exact) mass is 327 g/mol. The summed E-state index contributed by atoms with van der Waals surface area (Å²) in [4.78, 5) is 0. The quantitative estimate of drug-likeness (QED) is 0.891. The summed E-state index contributed by atoms with van der Waals surface area (Å²) in [6.07, 6.45) is 3.07. The molecular weight excluding hydrogens is 310 g/mol. The smallest absolute Gasteiger partial charge is 0.231 e. The Morgan fingerprint density at radius 3 is 2.79 bits per heavy atom. The van der Waals surface area contributed by atoms with Gasteiger partial charge in [0.15, 0.2) is 11.5 Å². The van der Waals surface area contributed by atoms with Gasteiger partial charge in [-0.3, -0.25) is 0 Å². The lowest BCUT2D eigenvalue weighted by atomic mass is 10.1. The maximum absolute atomic E-state index is 9.78. The summed E-state index contributed by atoms with van der Waals surface area (Å²) in [6, 6.07) is 3.95. The van der Waals surface area contributed by atoms with E-state index in [2.05, 4.69) is 21.2 Å². The zero-order valence-corrected chi connectivity index (χ0v) is 12.3. The second kappa shape index (κ2) is 5.69. The lowest BCUT2D eigenvalue weighted by Gasteiger charge is -2.15. The summed E-state index contributed by atoms with van der Waals surface area (Å²) in [5.74, 6) is 2.00. The molecule has 3 rings (SSSR count). The van der Waals surface area contributed by atoms with Crippen molar-refractivity contribution < 1.29 is 14.6 Å². The van der Waals surface area contributed by atoms with Gasteiger partial charge >= 0.3 is 0 Å². The first-order valence-corrected chi connectivity index (χ1v) is 7.50. The molecule has 4 nitrogen and oxygen atoms in total. The van der Waals surface area contributed by atoms with Crippen molar-refractivity contribution in [2.45, 2.75) is 31.9 Å². The third-order valence-corrected chi connectivity index (χ3v) is 4.62. The SMILES string of the molecule is OC1CCCC1CNCc1cc2c(cc1Br)OCO2. The number of benzene rings is 1. The normalized spacial score (nSPS) is 24.9. The number of nitrogens with one attached hydrogen (secondary N) is 1. The van der Waals surface area contributed by atoms with Crippen molar-refractivity contribution in [3.63, 3.8) is 0 Å². The van der Waals surface area contributed by atoms with Gasteiger partial charge in [-0.25, -0.2) is 0 Å². The van der Waals surface area contributed by atoms with E-state index in [1.807, 2.05) is 12.1 Å². The molecule has 0 bridgehead atoms. The Hall–Kier alpha value is -0.780. The van der Waals surface area contributed by atoms with E-state index < -0.39 is 0 Å². The minimum absolute atomic E-state index is 0.132. The highest BCUT2D eigenvalue weighted by Crippen LogP contribution is 2.36. The van der Waals surface area contributed by atoms with E-state index in [0.29, 0.717) is 12.7 Å². The molecule has 0 aromatic heterocycles. The Morgan fingerprint density at radius 2 is 2.05 bits per heavy atom. The van der Waals surface area contributed by atoms with Gasteiger partial charge < -0.3 is 19.9 Å². The Kier molecular flexibility index (Phi) is 3.96. The van der Waals surface area contributed by atoms with Gasteiger partial charge in [0.25, 0.3) is 0 Å². The summed E-state index contributed by atoms with van der Waals surface area (Å²) in [7, 11) is 0. The number of aliphatic hydroxyl groups excluding tert-OH is 1. The summed E-state index contributed by atoms with van der Waals surface area (Å²) < 4.78 is 11.7. The molecule has 1 aliphatic heterocycles. The van der Waals surface area contributed by atoms with Crippen LogP contribution >= 0.6 is 15.9 Å². The van der Waals surface area contributed by atoms with Gasteiger partial charge in [-0.1, -0.05) is 22.4 Å². The molecule has 0 radical (unpaired) electrons. The average Bonchev–Trinajstić information content (AvgIpc) is 2.99. The van der Waals surface area contributed by atoms with E-state index in [0.717, 1.165) is 53.9 Å². The molecule has 1 aromatic rings. The summed E-state index contributed by atoms with van der Waals surface area (Å²) in [5.41, 5.74) is 1.15. The molecule has 1 heterocycles. The van der Waals surface area contributed by atoms with Crippen LogP contribution in [0.2, 0.25) is 0 Å². The molecule has 1 aliphatic carbocycles. The fraction of sp³-hybridized carbons (Fsp3) is 0.571. The second-order valence-electron chi connectivity index (χ2n) is 5.19. The summed E-state index contributed by atoms with van der Waals surface area (Å²) in [5, 5.41) is 13.2. The maximum atomic E-state index is 9.78. The zero-order valence-electron chi connectivity index (χ0n) is 10.7. The zero-order chi connectivity index (χ0) is 13.2. The van der Waals surface area contributed by atoms with Crippen LogP contribution in [0.1, 0.15) is 24.8 Å². The fourth-order valence-electron chi connectivity index (χ4n) is 2.74. The number of rotatable bonds is 4. The molecule has 2 aliphatic rings. The Balaban J connectivity index is 1.58. The van der Waals surface area contributed by atoms with Crippen molar-refractivity contribution in [1.82, 2.24) is 5.32 Å². The summed E-state index contributed by atoms with van der Waals surface area (Å²) in [6.45, 7) is 1.93. The number of halogens is 1. The molecule has 2 N–H and O–H groups in total. The Bertz CT molecular complexity index is 466. The lowest BCUT2D eigenvalue weighted by molar-refractivity contribution is 0.131. The lowest BCUT2D eigenvalue weighted by Crippen LogP contribution is -2.27. The first kappa shape index (κ1) is 13.2. The van der Waals surface area contributed by atoms with E-state index in [-0.39, 0.29) is 6.10 Å². The van der Waals surface area contributed by atoms with Gasteiger partial charge in [0, 0.05) is 17.6 Å². The van der Waals surface area contributed by atoms with Crippen LogP contribution in [0.25, 0.3) is 0 Å². The minimum atomic E-state index is -0.132. The number of aliphatic hydroxyl groups is 1. The highest BCUT2D eigenvalue weighted by molar-refractivity contribution is 9.10. The molecule has 2 atom stereocenters.